The molecule has 1 saturated heterocycles. The minimum Gasteiger partial charge on any atom is -0.345 e. The Morgan fingerprint density at radius 3 is 2.53 bits per heavy atom. The van der Waals surface area contributed by atoms with E-state index in [1.165, 1.54) is 17.1 Å². The summed E-state index contributed by atoms with van der Waals surface area (Å²) in [6, 6.07) is 16.3. The molecular formula is C23H27N5OS. The molecule has 0 bridgehead atoms. The van der Waals surface area contributed by atoms with Crippen molar-refractivity contribution in [2.75, 3.05) is 36.4 Å². The Bertz CT molecular complexity index is 984. The van der Waals surface area contributed by atoms with E-state index in [2.05, 4.69) is 26.7 Å². The van der Waals surface area contributed by atoms with Gasteiger partial charge in [0.1, 0.15) is 5.82 Å². The third-order valence-corrected chi connectivity index (χ3v) is 6.24. The fraction of sp³-hybridized carbons (Fsp3) is 0.348. The van der Waals surface area contributed by atoms with Crippen LogP contribution < -0.4 is 10.2 Å². The number of para-hydroxylation sites is 1. The number of aryl methyl sites for hydroxylation is 2. The van der Waals surface area contributed by atoms with E-state index in [0.717, 1.165) is 60.2 Å². The Kier molecular flexibility index (Phi) is 6.28. The van der Waals surface area contributed by atoms with Crippen LogP contribution in [0.1, 0.15) is 28.9 Å². The largest absolute Gasteiger partial charge is 0.345 e. The molecule has 1 aliphatic heterocycles. The van der Waals surface area contributed by atoms with Crippen LogP contribution in [0.5, 0.6) is 0 Å². The lowest BCUT2D eigenvalue weighted by Crippen LogP contribution is -2.38. The number of carbonyl (C=O) groups excluding carboxylic acids is 1. The maximum Gasteiger partial charge on any atom is 0.321 e. The first-order valence-corrected chi connectivity index (χ1v) is 11.1. The van der Waals surface area contributed by atoms with E-state index in [1.807, 2.05) is 55.1 Å². The molecular weight excluding hydrogens is 394 g/mol. The molecule has 156 valence electrons. The van der Waals surface area contributed by atoms with Gasteiger partial charge in [-0.05, 0) is 37.0 Å². The van der Waals surface area contributed by atoms with Crippen molar-refractivity contribution in [2.45, 2.75) is 26.7 Å². The van der Waals surface area contributed by atoms with E-state index < -0.39 is 0 Å². The van der Waals surface area contributed by atoms with E-state index in [-0.39, 0.29) is 6.03 Å². The molecule has 1 fully saturated rings. The van der Waals surface area contributed by atoms with Crippen molar-refractivity contribution < 1.29 is 4.79 Å². The highest BCUT2D eigenvalue weighted by atomic mass is 32.1. The molecule has 2 heterocycles. The van der Waals surface area contributed by atoms with E-state index in [1.54, 1.807) is 0 Å². The minimum absolute atomic E-state index is 0.0312. The zero-order valence-corrected chi connectivity index (χ0v) is 18.3. The summed E-state index contributed by atoms with van der Waals surface area (Å²) in [5.74, 6) is 0.857. The number of urea groups is 1. The van der Waals surface area contributed by atoms with Gasteiger partial charge < -0.3 is 15.1 Å². The van der Waals surface area contributed by atoms with Gasteiger partial charge >= 0.3 is 6.03 Å². The first-order chi connectivity index (χ1) is 14.6. The number of carbonyl (C=O) groups is 1. The third kappa shape index (κ3) is 4.79. The van der Waals surface area contributed by atoms with Crippen LogP contribution in [0.4, 0.5) is 15.6 Å². The van der Waals surface area contributed by atoms with Gasteiger partial charge in [-0.2, -0.15) is 4.37 Å². The van der Waals surface area contributed by atoms with E-state index in [0.29, 0.717) is 6.54 Å². The first kappa shape index (κ1) is 20.3. The molecule has 7 heteroatoms. The fourth-order valence-electron chi connectivity index (χ4n) is 3.73. The second-order valence-electron chi connectivity index (χ2n) is 7.68. The molecule has 30 heavy (non-hydrogen) atoms. The second kappa shape index (κ2) is 9.26. The lowest BCUT2D eigenvalue weighted by molar-refractivity contribution is 0.215. The average Bonchev–Trinajstić information content (AvgIpc) is 3.06. The van der Waals surface area contributed by atoms with E-state index in [9.17, 15) is 4.79 Å². The summed E-state index contributed by atoms with van der Waals surface area (Å²) in [6.45, 7) is 7.10. The Hall–Kier alpha value is -2.93. The molecule has 4 rings (SSSR count). The molecule has 3 aromatic rings. The van der Waals surface area contributed by atoms with Crippen LogP contribution in [0, 0.1) is 13.8 Å². The Morgan fingerprint density at radius 2 is 1.77 bits per heavy atom. The van der Waals surface area contributed by atoms with Crippen LogP contribution in [0.15, 0.2) is 48.5 Å². The highest BCUT2D eigenvalue weighted by Gasteiger charge is 2.22. The van der Waals surface area contributed by atoms with Crippen molar-refractivity contribution in [3.05, 3.63) is 71.0 Å². The molecule has 0 saturated carbocycles. The number of rotatable bonds is 4. The van der Waals surface area contributed by atoms with Crippen LogP contribution >= 0.6 is 11.5 Å². The zero-order valence-electron chi connectivity index (χ0n) is 17.5. The van der Waals surface area contributed by atoms with Gasteiger partial charge in [0, 0.05) is 49.8 Å². The van der Waals surface area contributed by atoms with Gasteiger partial charge in [-0.1, -0.05) is 48.5 Å². The SMILES string of the molecule is Cc1cccc(C)c1NC(=O)N1CCCN(c2nc(Cc3ccccc3)ns2)CC1. The number of anilines is 2. The predicted molar refractivity (Wildman–Crippen MR) is 122 cm³/mol. The number of hydrogen-bond donors (Lipinski definition) is 1. The van der Waals surface area contributed by atoms with Crippen molar-refractivity contribution in [1.29, 1.82) is 0 Å². The molecule has 0 radical (unpaired) electrons. The maximum atomic E-state index is 12.8. The highest BCUT2D eigenvalue weighted by molar-refractivity contribution is 7.09. The lowest BCUT2D eigenvalue weighted by atomic mass is 10.1. The lowest BCUT2D eigenvalue weighted by Gasteiger charge is -2.23. The quantitative estimate of drug-likeness (QED) is 0.674. The van der Waals surface area contributed by atoms with Gasteiger partial charge in [-0.25, -0.2) is 9.78 Å². The Morgan fingerprint density at radius 1 is 1.00 bits per heavy atom. The maximum absolute atomic E-state index is 12.8. The number of aromatic nitrogens is 2. The number of nitrogens with one attached hydrogen (secondary N) is 1. The van der Waals surface area contributed by atoms with Crippen molar-refractivity contribution in [2.24, 2.45) is 0 Å². The third-order valence-electron chi connectivity index (χ3n) is 5.43. The Labute approximate surface area is 181 Å². The molecule has 2 amide bonds. The summed E-state index contributed by atoms with van der Waals surface area (Å²) in [4.78, 5) is 21.7. The molecule has 0 aliphatic carbocycles. The minimum atomic E-state index is -0.0312. The molecule has 1 aliphatic rings. The number of hydrogen-bond acceptors (Lipinski definition) is 5. The summed E-state index contributed by atoms with van der Waals surface area (Å²) < 4.78 is 4.54. The van der Waals surface area contributed by atoms with E-state index >= 15 is 0 Å². The van der Waals surface area contributed by atoms with Crippen LogP contribution in [0.25, 0.3) is 0 Å². The molecule has 1 aromatic heterocycles. The second-order valence-corrected chi connectivity index (χ2v) is 8.41. The first-order valence-electron chi connectivity index (χ1n) is 10.3. The molecule has 0 atom stereocenters. The monoisotopic (exact) mass is 421 g/mol. The number of nitrogens with zero attached hydrogens (tertiary/aromatic N) is 4. The summed E-state index contributed by atoms with van der Waals surface area (Å²) in [6.07, 6.45) is 1.66. The van der Waals surface area contributed by atoms with Gasteiger partial charge in [0.05, 0.1) is 0 Å². The van der Waals surface area contributed by atoms with Crippen LogP contribution in [-0.4, -0.2) is 46.5 Å². The molecule has 0 unspecified atom stereocenters. The van der Waals surface area contributed by atoms with Crippen LogP contribution in [0.3, 0.4) is 0 Å². The van der Waals surface area contributed by atoms with Gasteiger partial charge in [-0.15, -0.1) is 0 Å². The van der Waals surface area contributed by atoms with Crippen molar-refractivity contribution >= 4 is 28.4 Å². The van der Waals surface area contributed by atoms with Gasteiger partial charge in [-0.3, -0.25) is 0 Å². The molecule has 2 aromatic carbocycles. The van der Waals surface area contributed by atoms with Crippen molar-refractivity contribution in [3.8, 4) is 0 Å². The molecule has 0 spiro atoms. The normalized spacial score (nSPS) is 14.5. The highest BCUT2D eigenvalue weighted by Crippen LogP contribution is 2.22. The fourth-order valence-corrected chi connectivity index (χ4v) is 4.47. The standard InChI is InChI=1S/C23H27N5OS/c1-17-8-6-9-18(2)21(17)25-22(29)27-12-7-13-28(15-14-27)23-24-20(26-30-23)16-19-10-4-3-5-11-19/h3-6,8-11H,7,12-16H2,1-2H3,(H,25,29). The smallest absolute Gasteiger partial charge is 0.321 e. The summed E-state index contributed by atoms with van der Waals surface area (Å²) in [5, 5.41) is 4.05. The summed E-state index contributed by atoms with van der Waals surface area (Å²) in [7, 11) is 0. The summed E-state index contributed by atoms with van der Waals surface area (Å²) >= 11 is 1.45. The molecule has 6 nitrogen and oxygen atoms in total. The van der Waals surface area contributed by atoms with E-state index in [4.69, 9.17) is 4.98 Å². The summed E-state index contributed by atoms with van der Waals surface area (Å²) in [5.41, 5.74) is 4.30. The van der Waals surface area contributed by atoms with Crippen molar-refractivity contribution in [1.82, 2.24) is 14.3 Å². The Balaban J connectivity index is 1.37. The predicted octanol–water partition coefficient (Wildman–Crippen LogP) is 4.49. The zero-order chi connectivity index (χ0) is 20.9. The van der Waals surface area contributed by atoms with Crippen molar-refractivity contribution in [3.63, 3.8) is 0 Å². The average molecular weight is 422 g/mol. The number of benzene rings is 2. The number of amides is 2. The van der Waals surface area contributed by atoms with Gasteiger partial charge in [0.15, 0.2) is 0 Å². The topological polar surface area (TPSA) is 61.4 Å². The van der Waals surface area contributed by atoms with Gasteiger partial charge in [0.25, 0.3) is 0 Å². The van der Waals surface area contributed by atoms with Crippen LogP contribution in [0.2, 0.25) is 0 Å². The van der Waals surface area contributed by atoms with Gasteiger partial charge in [0.2, 0.25) is 5.13 Å². The molecule has 1 N–H and O–H groups in total. The van der Waals surface area contributed by atoms with Crippen LogP contribution in [-0.2, 0) is 6.42 Å².